The van der Waals surface area contributed by atoms with Crippen molar-refractivity contribution < 1.29 is 21.6 Å². The molecule has 0 radical (unpaired) electrons. The van der Waals surface area contributed by atoms with Crippen LogP contribution in [-0.4, -0.2) is 65.6 Å². The number of ether oxygens (including phenoxy) is 1. The molecule has 1 aliphatic rings. The first-order valence-electron chi connectivity index (χ1n) is 10.6. The Morgan fingerprint density at radius 2 is 1.54 bits per heavy atom. The molecule has 186 valence electrons. The van der Waals surface area contributed by atoms with Gasteiger partial charge < -0.3 is 15.0 Å². The number of sulfonamides is 2. The molecule has 35 heavy (non-hydrogen) atoms. The van der Waals surface area contributed by atoms with Gasteiger partial charge >= 0.3 is 0 Å². The molecule has 1 fully saturated rings. The van der Waals surface area contributed by atoms with E-state index in [1.807, 2.05) is 24.3 Å². The van der Waals surface area contributed by atoms with E-state index in [2.05, 4.69) is 20.2 Å². The smallest absolute Gasteiger partial charge is 0.245 e. The molecule has 2 aromatic carbocycles. The molecule has 0 bridgehead atoms. The molecule has 1 aliphatic heterocycles. The third-order valence-corrected chi connectivity index (χ3v) is 9.20. The van der Waals surface area contributed by atoms with E-state index >= 15 is 0 Å². The fourth-order valence-corrected chi connectivity index (χ4v) is 7.30. The second kappa shape index (κ2) is 10.4. The van der Waals surface area contributed by atoms with Gasteiger partial charge in [0.25, 0.3) is 0 Å². The average Bonchev–Trinajstić information content (AvgIpc) is 2.80. The predicted molar refractivity (Wildman–Crippen MR) is 138 cm³/mol. The summed E-state index contributed by atoms with van der Waals surface area (Å²) in [5.74, 6) is 0.436. The lowest BCUT2D eigenvalue weighted by Gasteiger charge is -2.28. The van der Waals surface area contributed by atoms with E-state index < -0.39 is 20.0 Å². The molecule has 0 saturated carbocycles. The highest BCUT2D eigenvalue weighted by Gasteiger charge is 2.27. The monoisotopic (exact) mass is 535 g/mol. The van der Waals surface area contributed by atoms with Gasteiger partial charge in [-0.25, -0.2) is 26.8 Å². The van der Waals surface area contributed by atoms with Crippen molar-refractivity contribution in [2.45, 2.75) is 9.92 Å². The van der Waals surface area contributed by atoms with Crippen molar-refractivity contribution >= 4 is 54.8 Å². The molecule has 0 aliphatic carbocycles. The molecule has 2 heterocycles. The van der Waals surface area contributed by atoms with Crippen LogP contribution in [0, 0.1) is 0 Å². The Balaban J connectivity index is 1.44. The minimum Gasteiger partial charge on any atom is -0.378 e. The van der Waals surface area contributed by atoms with Crippen LogP contribution in [-0.2, 0) is 24.8 Å². The number of nitrogens with zero attached hydrogens (tertiary/aromatic N) is 4. The summed E-state index contributed by atoms with van der Waals surface area (Å²) in [5.41, 5.74) is 2.04. The molecule has 1 N–H and O–H groups in total. The lowest BCUT2D eigenvalue weighted by atomic mass is 10.2. The highest BCUT2D eigenvalue weighted by Crippen LogP contribution is 2.30. The van der Waals surface area contributed by atoms with Gasteiger partial charge in [-0.1, -0.05) is 11.8 Å². The van der Waals surface area contributed by atoms with E-state index in [0.717, 1.165) is 55.1 Å². The molecule has 3 aromatic rings. The van der Waals surface area contributed by atoms with Crippen LogP contribution in [0.3, 0.4) is 0 Å². The first-order chi connectivity index (χ1) is 16.6. The third kappa shape index (κ3) is 6.63. The Bertz CT molecular complexity index is 1340. The average molecular weight is 536 g/mol. The Labute approximate surface area is 209 Å². The van der Waals surface area contributed by atoms with Crippen molar-refractivity contribution in [2.75, 3.05) is 52.7 Å². The molecular weight excluding hydrogens is 510 g/mol. The van der Waals surface area contributed by atoms with Crippen LogP contribution in [0.5, 0.6) is 0 Å². The minimum atomic E-state index is -3.99. The number of nitrogens with one attached hydrogen (secondary N) is 1. The zero-order valence-electron chi connectivity index (χ0n) is 19.2. The molecular formula is C22H25N5O5S3. The summed E-state index contributed by atoms with van der Waals surface area (Å²) in [6.07, 6.45) is 3.34. The van der Waals surface area contributed by atoms with Crippen molar-refractivity contribution in [3.8, 4) is 0 Å². The van der Waals surface area contributed by atoms with Crippen LogP contribution in [0.2, 0.25) is 0 Å². The maximum atomic E-state index is 12.0. The standard InChI is InChI=1S/C22H25N5O5S3/c1-34(28,29)27(35(2,30)31)19-7-9-20(10-8-19)33-21-11-12-23-22(25-21)24-17-3-5-18(6-4-17)26-13-15-32-16-14-26/h3-12H,13-16H2,1-2H3,(H,23,24,25). The summed E-state index contributed by atoms with van der Waals surface area (Å²) in [6.45, 7) is 3.21. The third-order valence-electron chi connectivity index (χ3n) is 5.00. The lowest BCUT2D eigenvalue weighted by Crippen LogP contribution is -2.36. The van der Waals surface area contributed by atoms with E-state index in [4.69, 9.17) is 4.74 Å². The first-order valence-corrected chi connectivity index (χ1v) is 15.1. The number of hydrogen-bond donors (Lipinski definition) is 1. The van der Waals surface area contributed by atoms with Crippen LogP contribution < -0.4 is 13.9 Å². The van der Waals surface area contributed by atoms with E-state index in [1.54, 1.807) is 24.4 Å². The molecule has 4 rings (SSSR count). The van der Waals surface area contributed by atoms with Gasteiger partial charge in [-0.3, -0.25) is 0 Å². The van der Waals surface area contributed by atoms with Gasteiger partial charge in [-0.2, -0.15) is 3.71 Å². The van der Waals surface area contributed by atoms with Gasteiger partial charge in [-0.05, 0) is 54.6 Å². The molecule has 1 saturated heterocycles. The van der Waals surface area contributed by atoms with Crippen LogP contribution in [0.25, 0.3) is 0 Å². The number of rotatable bonds is 8. The van der Waals surface area contributed by atoms with Crippen LogP contribution in [0.15, 0.2) is 70.7 Å². The summed E-state index contributed by atoms with van der Waals surface area (Å²) >= 11 is 1.34. The van der Waals surface area contributed by atoms with E-state index in [9.17, 15) is 16.8 Å². The first kappa shape index (κ1) is 25.2. The minimum absolute atomic E-state index is 0.0462. The maximum Gasteiger partial charge on any atom is 0.245 e. The lowest BCUT2D eigenvalue weighted by molar-refractivity contribution is 0.122. The summed E-state index contributed by atoms with van der Waals surface area (Å²) in [4.78, 5) is 11.8. The van der Waals surface area contributed by atoms with Crippen molar-refractivity contribution in [1.29, 1.82) is 0 Å². The van der Waals surface area contributed by atoms with Gasteiger partial charge in [-0.15, -0.1) is 0 Å². The molecule has 13 heteroatoms. The second-order valence-electron chi connectivity index (χ2n) is 7.81. The summed E-state index contributed by atoms with van der Waals surface area (Å²) < 4.78 is 53.6. The van der Waals surface area contributed by atoms with Crippen molar-refractivity contribution in [2.24, 2.45) is 0 Å². The number of benzene rings is 2. The molecule has 0 amide bonds. The second-order valence-corrected chi connectivity index (χ2v) is 12.8. The van der Waals surface area contributed by atoms with Gasteiger partial charge in [0.2, 0.25) is 26.0 Å². The van der Waals surface area contributed by atoms with E-state index in [1.165, 1.54) is 23.9 Å². The van der Waals surface area contributed by atoms with Crippen molar-refractivity contribution in [1.82, 2.24) is 9.97 Å². The van der Waals surface area contributed by atoms with E-state index in [0.29, 0.717) is 14.7 Å². The number of aromatic nitrogens is 2. The normalized spacial score (nSPS) is 14.5. The zero-order valence-corrected chi connectivity index (χ0v) is 21.6. The molecule has 0 atom stereocenters. The van der Waals surface area contributed by atoms with Crippen LogP contribution in [0.4, 0.5) is 23.0 Å². The van der Waals surface area contributed by atoms with Gasteiger partial charge in [0, 0.05) is 35.6 Å². The highest BCUT2D eigenvalue weighted by atomic mass is 32.3. The van der Waals surface area contributed by atoms with Crippen LogP contribution >= 0.6 is 11.8 Å². The Hall–Kier alpha value is -2.87. The van der Waals surface area contributed by atoms with Gasteiger partial charge in [0.15, 0.2) is 0 Å². The Kier molecular flexibility index (Phi) is 7.50. The van der Waals surface area contributed by atoms with Gasteiger partial charge in [0.05, 0.1) is 31.4 Å². The Morgan fingerprint density at radius 3 is 2.14 bits per heavy atom. The molecule has 0 spiro atoms. The topological polar surface area (TPSA) is 122 Å². The molecule has 1 aromatic heterocycles. The summed E-state index contributed by atoms with van der Waals surface area (Å²) in [7, 11) is -7.98. The van der Waals surface area contributed by atoms with Crippen molar-refractivity contribution in [3.05, 3.63) is 60.8 Å². The quantitative estimate of drug-likeness (QED) is 0.431. The van der Waals surface area contributed by atoms with E-state index in [-0.39, 0.29) is 5.69 Å². The fourth-order valence-electron chi connectivity index (χ4n) is 3.55. The predicted octanol–water partition coefficient (Wildman–Crippen LogP) is 2.93. The highest BCUT2D eigenvalue weighted by molar-refractivity contribution is 8.09. The molecule has 0 unspecified atom stereocenters. The maximum absolute atomic E-state index is 12.0. The number of anilines is 4. The summed E-state index contributed by atoms with van der Waals surface area (Å²) in [5, 5.41) is 3.87. The fraction of sp³-hybridized carbons (Fsp3) is 0.273. The number of morpholine rings is 1. The largest absolute Gasteiger partial charge is 0.378 e. The molecule has 10 nitrogen and oxygen atoms in total. The summed E-state index contributed by atoms with van der Waals surface area (Å²) in [6, 6.07) is 16.0. The van der Waals surface area contributed by atoms with Gasteiger partial charge in [0.1, 0.15) is 5.03 Å². The van der Waals surface area contributed by atoms with Crippen LogP contribution in [0.1, 0.15) is 0 Å². The number of hydrogen-bond acceptors (Lipinski definition) is 10. The SMILES string of the molecule is CS(=O)(=O)N(c1ccc(Sc2ccnc(Nc3ccc(N4CCOCC4)cc3)n2)cc1)S(C)(=O)=O. The van der Waals surface area contributed by atoms with Crippen molar-refractivity contribution in [3.63, 3.8) is 0 Å². The zero-order chi connectivity index (χ0) is 25.1. The Morgan fingerprint density at radius 1 is 0.914 bits per heavy atom.